The molecule has 0 heterocycles. The normalized spacial score (nSPS) is 16.8. The summed E-state index contributed by atoms with van der Waals surface area (Å²) in [5, 5.41) is 15.6. The van der Waals surface area contributed by atoms with Gasteiger partial charge >= 0.3 is 11.8 Å². The first kappa shape index (κ1) is 16.8. The lowest BCUT2D eigenvalue weighted by Gasteiger charge is -2.26. The minimum absolute atomic E-state index is 0.109. The Balaban J connectivity index is 1.76. The van der Waals surface area contributed by atoms with Crippen LogP contribution in [0.4, 0.5) is 5.69 Å². The molecule has 5 nitrogen and oxygen atoms in total. The topological polar surface area (TPSA) is 78.4 Å². The molecule has 1 aromatic rings. The van der Waals surface area contributed by atoms with Gasteiger partial charge in [-0.2, -0.15) is 0 Å². The Morgan fingerprint density at radius 3 is 2.41 bits per heavy atom. The Hall–Kier alpha value is -1.59. The highest BCUT2D eigenvalue weighted by atomic mass is 35.5. The van der Waals surface area contributed by atoms with Gasteiger partial charge in [-0.15, -0.1) is 0 Å². The molecule has 1 fully saturated rings. The van der Waals surface area contributed by atoms with Crippen molar-refractivity contribution < 1.29 is 14.7 Å². The predicted molar refractivity (Wildman–Crippen MR) is 85.7 cm³/mol. The molecule has 1 aliphatic rings. The number of carbonyl (C=O) groups excluding carboxylic acids is 2. The zero-order valence-electron chi connectivity index (χ0n) is 12.3. The van der Waals surface area contributed by atoms with Crippen LogP contribution < -0.4 is 10.6 Å². The van der Waals surface area contributed by atoms with Gasteiger partial charge in [0, 0.05) is 17.3 Å². The zero-order chi connectivity index (χ0) is 15.9. The van der Waals surface area contributed by atoms with E-state index in [-0.39, 0.29) is 12.5 Å². The first-order chi connectivity index (χ1) is 10.6. The van der Waals surface area contributed by atoms with Crippen LogP contribution in [0.5, 0.6) is 0 Å². The fraction of sp³-hybridized carbons (Fsp3) is 0.500. The lowest BCUT2D eigenvalue weighted by atomic mass is 9.85. The average molecular weight is 325 g/mol. The van der Waals surface area contributed by atoms with Gasteiger partial charge in [-0.05, 0) is 43.0 Å². The zero-order valence-corrected chi connectivity index (χ0v) is 13.1. The lowest BCUT2D eigenvalue weighted by molar-refractivity contribution is -0.136. The van der Waals surface area contributed by atoms with E-state index in [1.165, 1.54) is 6.42 Å². The van der Waals surface area contributed by atoms with Crippen LogP contribution in [0.3, 0.4) is 0 Å². The summed E-state index contributed by atoms with van der Waals surface area (Å²) in [4.78, 5) is 23.5. The molecule has 1 unspecified atom stereocenters. The van der Waals surface area contributed by atoms with Crippen molar-refractivity contribution in [3.8, 4) is 0 Å². The van der Waals surface area contributed by atoms with Crippen molar-refractivity contribution in [3.63, 3.8) is 0 Å². The van der Waals surface area contributed by atoms with E-state index in [4.69, 9.17) is 11.6 Å². The number of aliphatic hydroxyl groups excluding tert-OH is 1. The Labute approximate surface area is 135 Å². The number of anilines is 1. The minimum atomic E-state index is -0.752. The maximum atomic E-state index is 11.7. The molecule has 3 N–H and O–H groups in total. The van der Waals surface area contributed by atoms with E-state index in [9.17, 15) is 14.7 Å². The number of hydrogen-bond acceptors (Lipinski definition) is 3. The highest BCUT2D eigenvalue weighted by Crippen LogP contribution is 2.26. The SMILES string of the molecule is O=C(NCC(O)C1CCCCC1)C(=O)Nc1ccc(Cl)cc1. The predicted octanol–water partition coefficient (Wildman–Crippen LogP) is 2.34. The Morgan fingerprint density at radius 2 is 1.77 bits per heavy atom. The quantitative estimate of drug-likeness (QED) is 0.744. The first-order valence-electron chi connectivity index (χ1n) is 7.59. The van der Waals surface area contributed by atoms with E-state index in [1.807, 2.05) is 0 Å². The summed E-state index contributed by atoms with van der Waals surface area (Å²) in [5.74, 6) is -1.28. The molecule has 0 aliphatic heterocycles. The summed E-state index contributed by atoms with van der Waals surface area (Å²) in [5.41, 5.74) is 0.498. The van der Waals surface area contributed by atoms with Crippen molar-refractivity contribution in [2.24, 2.45) is 5.92 Å². The maximum Gasteiger partial charge on any atom is 0.313 e. The number of nitrogens with one attached hydrogen (secondary N) is 2. The van der Waals surface area contributed by atoms with E-state index in [2.05, 4.69) is 10.6 Å². The summed E-state index contributed by atoms with van der Waals surface area (Å²) in [6.07, 6.45) is 4.81. The molecule has 22 heavy (non-hydrogen) atoms. The Morgan fingerprint density at radius 1 is 1.14 bits per heavy atom. The molecule has 6 heteroatoms. The van der Waals surface area contributed by atoms with Crippen LogP contribution in [0.2, 0.25) is 5.02 Å². The van der Waals surface area contributed by atoms with Gasteiger partial charge in [0.25, 0.3) is 0 Å². The standard InChI is InChI=1S/C16H21ClN2O3/c17-12-6-8-13(9-7-12)19-16(22)15(21)18-10-14(20)11-4-2-1-3-5-11/h6-9,11,14,20H,1-5,10H2,(H,18,21)(H,19,22). The number of benzene rings is 1. The van der Waals surface area contributed by atoms with Gasteiger partial charge in [0.1, 0.15) is 0 Å². The van der Waals surface area contributed by atoms with E-state index in [0.717, 1.165) is 25.7 Å². The summed E-state index contributed by atoms with van der Waals surface area (Å²) >= 11 is 5.75. The number of halogens is 1. The summed E-state index contributed by atoms with van der Waals surface area (Å²) in [7, 11) is 0. The molecule has 2 amide bonds. The molecular weight excluding hydrogens is 304 g/mol. The van der Waals surface area contributed by atoms with E-state index < -0.39 is 17.9 Å². The molecule has 2 rings (SSSR count). The van der Waals surface area contributed by atoms with Crippen LogP contribution in [0, 0.1) is 5.92 Å². The van der Waals surface area contributed by atoms with E-state index in [1.54, 1.807) is 24.3 Å². The first-order valence-corrected chi connectivity index (χ1v) is 7.97. The Kier molecular flexibility index (Phi) is 6.21. The fourth-order valence-corrected chi connectivity index (χ4v) is 2.81. The largest absolute Gasteiger partial charge is 0.391 e. The highest BCUT2D eigenvalue weighted by molar-refractivity contribution is 6.39. The van der Waals surface area contributed by atoms with Crippen molar-refractivity contribution in [3.05, 3.63) is 29.3 Å². The van der Waals surface area contributed by atoms with Gasteiger partial charge in [0.15, 0.2) is 0 Å². The number of amides is 2. The van der Waals surface area contributed by atoms with E-state index >= 15 is 0 Å². The van der Waals surface area contributed by atoms with Crippen molar-refractivity contribution in [1.29, 1.82) is 0 Å². The molecule has 1 atom stereocenters. The van der Waals surface area contributed by atoms with Gasteiger partial charge < -0.3 is 15.7 Å². The van der Waals surface area contributed by atoms with Crippen molar-refractivity contribution in [2.75, 3.05) is 11.9 Å². The molecule has 1 aromatic carbocycles. The van der Waals surface area contributed by atoms with Crippen LogP contribution >= 0.6 is 11.6 Å². The Bertz CT molecular complexity index is 513. The van der Waals surface area contributed by atoms with Crippen LogP contribution in [0.25, 0.3) is 0 Å². The minimum Gasteiger partial charge on any atom is -0.391 e. The third-order valence-electron chi connectivity index (χ3n) is 3.97. The number of carbonyl (C=O) groups is 2. The van der Waals surface area contributed by atoms with Crippen molar-refractivity contribution in [1.82, 2.24) is 5.32 Å². The number of aliphatic hydroxyl groups is 1. The van der Waals surface area contributed by atoms with Gasteiger partial charge in [-0.1, -0.05) is 30.9 Å². The third-order valence-corrected chi connectivity index (χ3v) is 4.23. The van der Waals surface area contributed by atoms with Crippen LogP contribution in [0.1, 0.15) is 32.1 Å². The van der Waals surface area contributed by atoms with Crippen LogP contribution in [-0.4, -0.2) is 29.6 Å². The van der Waals surface area contributed by atoms with Crippen LogP contribution in [-0.2, 0) is 9.59 Å². The molecule has 0 saturated heterocycles. The molecule has 1 saturated carbocycles. The second-order valence-electron chi connectivity index (χ2n) is 5.64. The molecule has 0 spiro atoms. The average Bonchev–Trinajstić information content (AvgIpc) is 2.55. The van der Waals surface area contributed by atoms with Crippen molar-refractivity contribution >= 4 is 29.1 Å². The summed E-state index contributed by atoms with van der Waals surface area (Å²) in [6, 6.07) is 6.48. The maximum absolute atomic E-state index is 11.7. The van der Waals surface area contributed by atoms with Gasteiger partial charge in [-0.25, -0.2) is 0 Å². The smallest absolute Gasteiger partial charge is 0.313 e. The highest BCUT2D eigenvalue weighted by Gasteiger charge is 2.23. The molecule has 0 radical (unpaired) electrons. The molecule has 0 bridgehead atoms. The molecule has 120 valence electrons. The van der Waals surface area contributed by atoms with Gasteiger partial charge in [0.2, 0.25) is 0 Å². The van der Waals surface area contributed by atoms with Crippen molar-refractivity contribution in [2.45, 2.75) is 38.2 Å². The lowest BCUT2D eigenvalue weighted by Crippen LogP contribution is -2.42. The monoisotopic (exact) mass is 324 g/mol. The molecule has 1 aliphatic carbocycles. The van der Waals surface area contributed by atoms with Gasteiger partial charge in [0.05, 0.1) is 6.10 Å². The van der Waals surface area contributed by atoms with Crippen LogP contribution in [0.15, 0.2) is 24.3 Å². The number of rotatable bonds is 4. The number of hydrogen-bond donors (Lipinski definition) is 3. The molecular formula is C16H21ClN2O3. The van der Waals surface area contributed by atoms with E-state index in [0.29, 0.717) is 10.7 Å². The molecule has 0 aromatic heterocycles. The second kappa shape index (κ2) is 8.15. The fourth-order valence-electron chi connectivity index (χ4n) is 2.68. The summed E-state index contributed by atoms with van der Waals surface area (Å²) < 4.78 is 0. The summed E-state index contributed by atoms with van der Waals surface area (Å²) in [6.45, 7) is 0.109. The third kappa shape index (κ3) is 5.00. The van der Waals surface area contributed by atoms with Gasteiger partial charge in [-0.3, -0.25) is 9.59 Å². The second-order valence-corrected chi connectivity index (χ2v) is 6.07.